The van der Waals surface area contributed by atoms with Crippen LogP contribution in [0, 0.1) is 0 Å². The Bertz CT molecular complexity index is 2940. The van der Waals surface area contributed by atoms with Crippen molar-refractivity contribution in [3.05, 3.63) is 102 Å². The zero-order chi connectivity index (χ0) is 54.6. The van der Waals surface area contributed by atoms with Gasteiger partial charge in [0.05, 0.1) is 42.3 Å². The summed E-state index contributed by atoms with van der Waals surface area (Å²) in [5.41, 5.74) is 7.69. The molecule has 1 N–H and O–H groups in total. The van der Waals surface area contributed by atoms with E-state index < -0.39 is 16.1 Å². The van der Waals surface area contributed by atoms with Gasteiger partial charge in [0.1, 0.15) is 31.9 Å². The number of methoxy groups -OCH3 is 2. The van der Waals surface area contributed by atoms with Crippen molar-refractivity contribution in [3.8, 4) is 23.0 Å². The molecule has 0 saturated heterocycles. The number of hydrogen-bond donors (Lipinski definition) is 1. The maximum Gasteiger partial charge on any atom is 1.00 e. The molecule has 4 heterocycles. The number of esters is 2. The summed E-state index contributed by atoms with van der Waals surface area (Å²) in [6.07, 6.45) is 15.8. The number of alkyl halides is 1. The number of carbonyl (C=O) groups is 2. The summed E-state index contributed by atoms with van der Waals surface area (Å²) >= 11 is 17.8. The zero-order valence-electron chi connectivity index (χ0n) is 47.0. The van der Waals surface area contributed by atoms with Crippen LogP contribution in [0.3, 0.4) is 0 Å². The number of nitrogens with zero attached hydrogens (tertiary/aromatic N) is 5. The average Bonchev–Trinajstić information content (AvgIpc) is 4.11. The molecular formula is C56H76Br5KN6O6Si2. The van der Waals surface area contributed by atoms with Gasteiger partial charge in [0.15, 0.2) is 11.6 Å². The van der Waals surface area contributed by atoms with Crippen molar-refractivity contribution in [2.75, 3.05) is 32.8 Å². The molecule has 0 amide bonds. The Morgan fingerprint density at radius 2 is 1.14 bits per heavy atom. The minimum absolute atomic E-state index is 0. The molecule has 410 valence electrons. The summed E-state index contributed by atoms with van der Waals surface area (Å²) in [6.45, 7) is 24.5. The van der Waals surface area contributed by atoms with Crippen LogP contribution >= 0.6 is 79.6 Å². The largest absolute Gasteiger partial charge is 1.00 e. The van der Waals surface area contributed by atoms with Crippen LogP contribution in [-0.4, -0.2) is 89.5 Å². The van der Waals surface area contributed by atoms with Gasteiger partial charge in [-0.15, -0.1) is 13.2 Å². The van der Waals surface area contributed by atoms with Gasteiger partial charge in [0.2, 0.25) is 0 Å². The maximum atomic E-state index is 12.4. The summed E-state index contributed by atoms with van der Waals surface area (Å²) in [7, 11) is 0.465. The van der Waals surface area contributed by atoms with Crippen molar-refractivity contribution in [1.29, 1.82) is 0 Å². The molecule has 0 spiro atoms. The first-order valence-corrected chi connectivity index (χ1v) is 37.7. The van der Waals surface area contributed by atoms with E-state index >= 15 is 0 Å². The Morgan fingerprint density at radius 3 is 1.62 bits per heavy atom. The summed E-state index contributed by atoms with van der Waals surface area (Å²) in [6, 6.07) is 13.9. The van der Waals surface area contributed by atoms with Crippen LogP contribution in [0.2, 0.25) is 51.4 Å². The SMILES string of the molecule is C=CCBr.C=CCn1c(-c2nc(Br)c(Br)n2COCC[Si](C)(C)C)c(C2CCCCC2)c2ccc(C(=O)OC)cc21.COC(=O)c1ccc2c(C3CCCCC3)c(-c3nc(Br)c(Br)n3COCC[Si](C)(C)C)[nH]c2c1.[H-].[K+]. The van der Waals surface area contributed by atoms with Crippen molar-refractivity contribution in [3.63, 3.8) is 0 Å². The number of carbonyl (C=O) groups excluding carboxylic acids is 2. The van der Waals surface area contributed by atoms with Crippen LogP contribution in [0.4, 0.5) is 0 Å². The second kappa shape index (κ2) is 30.7. The van der Waals surface area contributed by atoms with Crippen molar-refractivity contribution < 1.29 is 81.3 Å². The summed E-state index contributed by atoms with van der Waals surface area (Å²) in [5.74, 6) is 1.90. The molecule has 12 nitrogen and oxygen atoms in total. The van der Waals surface area contributed by atoms with Crippen molar-refractivity contribution in [1.82, 2.24) is 28.7 Å². The summed E-state index contributed by atoms with van der Waals surface area (Å²) < 4.78 is 31.9. The Morgan fingerprint density at radius 1 is 0.684 bits per heavy atom. The number of imidazole rings is 2. The maximum absolute atomic E-state index is 12.4. The Kier molecular flexibility index (Phi) is 26.5. The Labute approximate surface area is 538 Å². The number of benzene rings is 2. The minimum Gasteiger partial charge on any atom is -1.00 e. The second-order valence-electron chi connectivity index (χ2n) is 21.7. The van der Waals surface area contributed by atoms with E-state index in [1.807, 2.05) is 36.4 Å². The van der Waals surface area contributed by atoms with Gasteiger partial charge < -0.3 is 29.9 Å². The first kappa shape index (κ1) is 65.6. The average molecular weight is 1420 g/mol. The number of fused-ring (bicyclic) bond motifs is 2. The molecular weight excluding hydrogens is 1350 g/mol. The van der Waals surface area contributed by atoms with Crippen molar-refractivity contribution in [2.24, 2.45) is 0 Å². The molecule has 2 aliphatic carbocycles. The number of rotatable bonds is 19. The quantitative estimate of drug-likeness (QED) is 0.0279. The van der Waals surface area contributed by atoms with Crippen molar-refractivity contribution in [2.45, 2.75) is 147 Å². The van der Waals surface area contributed by atoms with Gasteiger partial charge in [-0.3, -0.25) is 9.13 Å². The number of aromatic amines is 1. The number of ether oxygens (including phenoxy) is 4. The van der Waals surface area contributed by atoms with E-state index in [0.29, 0.717) is 43.0 Å². The van der Waals surface area contributed by atoms with Gasteiger partial charge in [-0.2, -0.15) is 0 Å². The van der Waals surface area contributed by atoms with Gasteiger partial charge in [-0.05, 0) is 149 Å². The number of allylic oxidation sites excluding steroid dienone is 2. The van der Waals surface area contributed by atoms with E-state index in [1.165, 1.54) is 63.9 Å². The van der Waals surface area contributed by atoms with E-state index in [2.05, 4.69) is 157 Å². The zero-order valence-corrected chi connectivity index (χ0v) is 59.0. The first-order valence-electron chi connectivity index (χ1n) is 26.0. The summed E-state index contributed by atoms with van der Waals surface area (Å²) in [5, 5.41) is 3.21. The molecule has 0 radical (unpaired) electrons. The molecule has 20 heteroatoms. The predicted molar refractivity (Wildman–Crippen MR) is 331 cm³/mol. The Balaban J connectivity index is 0.000000304. The number of halogens is 5. The number of aromatic nitrogens is 6. The van der Waals surface area contributed by atoms with Crippen LogP contribution in [-0.2, 0) is 39.0 Å². The van der Waals surface area contributed by atoms with Gasteiger partial charge >= 0.3 is 63.3 Å². The van der Waals surface area contributed by atoms with Crippen LogP contribution in [0.1, 0.15) is 109 Å². The predicted octanol–water partition coefficient (Wildman–Crippen LogP) is 14.7. The van der Waals surface area contributed by atoms with Crippen LogP contribution in [0.25, 0.3) is 44.8 Å². The molecule has 2 fully saturated rings. The molecule has 0 bridgehead atoms. The number of hydrogen-bond acceptors (Lipinski definition) is 8. The van der Waals surface area contributed by atoms with Gasteiger partial charge in [-0.1, -0.05) is 118 Å². The number of nitrogens with one attached hydrogen (secondary N) is 1. The van der Waals surface area contributed by atoms with Crippen LogP contribution in [0.5, 0.6) is 0 Å². The van der Waals surface area contributed by atoms with Crippen molar-refractivity contribution >= 4 is 130 Å². The number of H-pyrrole nitrogens is 1. The molecule has 0 unspecified atom stereocenters. The molecule has 76 heavy (non-hydrogen) atoms. The van der Waals surface area contributed by atoms with Gasteiger partial charge in [0, 0.05) is 57.5 Å². The smallest absolute Gasteiger partial charge is 1.00 e. The topological polar surface area (TPSA) is 127 Å². The van der Waals surface area contributed by atoms with Gasteiger partial charge in [0.25, 0.3) is 0 Å². The fraction of sp³-hybridized carbons (Fsp3) is 0.500. The van der Waals surface area contributed by atoms with E-state index in [4.69, 9.17) is 28.9 Å². The monoisotopic (exact) mass is 1420 g/mol. The third-order valence-electron chi connectivity index (χ3n) is 13.8. The molecule has 6 aromatic rings. The Hall–Kier alpha value is -1.25. The summed E-state index contributed by atoms with van der Waals surface area (Å²) in [4.78, 5) is 38.0. The second-order valence-corrected chi connectivity index (χ2v) is 36.6. The molecule has 2 aliphatic rings. The van der Waals surface area contributed by atoms with Crippen LogP contribution in [0.15, 0.2) is 80.1 Å². The van der Waals surface area contributed by atoms with E-state index in [9.17, 15) is 9.59 Å². The molecule has 0 atom stereocenters. The minimum atomic E-state index is -1.20. The fourth-order valence-electron chi connectivity index (χ4n) is 9.92. The molecule has 2 aromatic carbocycles. The van der Waals surface area contributed by atoms with E-state index in [0.717, 1.165) is 120 Å². The third kappa shape index (κ3) is 16.9. The fourth-order valence-corrected chi connectivity index (χ4v) is 12.9. The van der Waals surface area contributed by atoms with Crippen LogP contribution < -0.4 is 51.4 Å². The molecule has 0 aliphatic heterocycles. The first-order chi connectivity index (χ1) is 35.8. The molecule has 2 saturated carbocycles. The normalized spacial score (nSPS) is 14.4. The standard InChI is InChI=1S/C28H37Br2N3O3Si.C25H33Br2N3O3Si.C3H5Br.K.H/c1-6-14-32-22-17-20(28(34)35-2)12-13-21(22)23(19-10-8-7-9-11-19)24(32)27-31-25(29)26(30)33(27)18-36-15-16-37(3,4)5;1-32-25(31)17-10-11-18-19(14-17)28-21(20(18)16-8-6-5-7-9-16)24-29-22(26)23(27)30(24)15-33-12-13-34(2,3)4;1-2-3-4;;/h6,12-13,17,19H,1,7-11,14-16,18H2,2-5H3;10-11,14,16,28H,5-9,12-13,15H2,1-4H3;2H,1,3H2;;/q;;;+1;-1. The molecule has 8 rings (SSSR count). The molecule has 4 aromatic heterocycles. The third-order valence-corrected chi connectivity index (χ3v) is 21.5. The van der Waals surface area contributed by atoms with Gasteiger partial charge in [-0.25, -0.2) is 19.6 Å². The van der Waals surface area contributed by atoms with E-state index in [1.54, 1.807) is 6.08 Å². The van der Waals surface area contributed by atoms with E-state index in [-0.39, 0.29) is 64.7 Å².